The lowest BCUT2D eigenvalue weighted by Gasteiger charge is -2.22. The fourth-order valence-electron chi connectivity index (χ4n) is 2.23. The van der Waals surface area contributed by atoms with Crippen molar-refractivity contribution < 1.29 is 5.11 Å². The van der Waals surface area contributed by atoms with Gasteiger partial charge in [-0.2, -0.15) is 0 Å². The maximum absolute atomic E-state index is 9.46. The maximum atomic E-state index is 9.46. The number of rotatable bonds is 2. The van der Waals surface area contributed by atoms with Crippen molar-refractivity contribution >= 4 is 0 Å². The summed E-state index contributed by atoms with van der Waals surface area (Å²) in [7, 11) is 0. The lowest BCUT2D eigenvalue weighted by atomic mass is 9.82. The molecule has 1 unspecified atom stereocenters. The highest BCUT2D eigenvalue weighted by Crippen LogP contribution is 2.35. The van der Waals surface area contributed by atoms with Crippen LogP contribution in [0.4, 0.5) is 0 Å². The van der Waals surface area contributed by atoms with Crippen molar-refractivity contribution in [2.75, 3.05) is 0 Å². The van der Waals surface area contributed by atoms with Crippen molar-refractivity contribution in [3.8, 4) is 5.75 Å². The molecule has 0 spiro atoms. The molecule has 0 aromatic heterocycles. The summed E-state index contributed by atoms with van der Waals surface area (Å²) in [5.41, 5.74) is 2.49. The highest BCUT2D eigenvalue weighted by Gasteiger charge is 2.17. The first-order chi connectivity index (χ1) is 7.31. The van der Waals surface area contributed by atoms with Crippen LogP contribution in [0.15, 0.2) is 48.6 Å². The summed E-state index contributed by atoms with van der Waals surface area (Å²) in [6.07, 6.45) is 7.72. The predicted octanol–water partition coefficient (Wildman–Crippen LogP) is 3.77. The van der Waals surface area contributed by atoms with E-state index < -0.39 is 0 Å². The number of aromatic hydroxyl groups is 1. The molecule has 1 heteroatoms. The van der Waals surface area contributed by atoms with Crippen LogP contribution < -0.4 is 0 Å². The number of hydrogen-bond acceptors (Lipinski definition) is 1. The van der Waals surface area contributed by atoms with Gasteiger partial charge in [0.15, 0.2) is 0 Å². The van der Waals surface area contributed by atoms with Gasteiger partial charge in [-0.1, -0.05) is 30.9 Å². The van der Waals surface area contributed by atoms with Crippen LogP contribution in [0.3, 0.4) is 0 Å². The molecule has 1 aliphatic rings. The van der Waals surface area contributed by atoms with Gasteiger partial charge in [-0.25, -0.2) is 0 Å². The predicted molar refractivity (Wildman–Crippen MR) is 63.0 cm³/mol. The van der Waals surface area contributed by atoms with E-state index in [9.17, 15) is 5.11 Å². The second kappa shape index (κ2) is 4.35. The lowest BCUT2D eigenvalue weighted by molar-refractivity contribution is 0.473. The monoisotopic (exact) mass is 200 g/mol. The quantitative estimate of drug-likeness (QED) is 0.770. The third-order valence-electron chi connectivity index (χ3n) is 2.99. The molecule has 15 heavy (non-hydrogen) atoms. The number of benzene rings is 1. The summed E-state index contributed by atoms with van der Waals surface area (Å²) < 4.78 is 0. The molecule has 0 fully saturated rings. The molecule has 1 aromatic carbocycles. The smallest absolute Gasteiger partial charge is 0.115 e. The molecule has 0 amide bonds. The normalized spacial score (nSPS) is 20.8. The zero-order valence-electron chi connectivity index (χ0n) is 8.82. The molecule has 1 nitrogen and oxygen atoms in total. The third kappa shape index (κ3) is 2.12. The Morgan fingerprint density at radius 3 is 3.00 bits per heavy atom. The van der Waals surface area contributed by atoms with E-state index in [2.05, 4.69) is 18.7 Å². The number of phenolic OH excluding ortho intramolecular Hbond substituents is 1. The number of allylic oxidation sites excluding steroid dienone is 3. The minimum atomic E-state index is 0.349. The van der Waals surface area contributed by atoms with Crippen molar-refractivity contribution in [3.05, 3.63) is 54.1 Å². The Bertz CT molecular complexity index is 390. The second-order valence-electron chi connectivity index (χ2n) is 3.99. The van der Waals surface area contributed by atoms with Gasteiger partial charge < -0.3 is 5.11 Å². The van der Waals surface area contributed by atoms with Crippen LogP contribution in [-0.2, 0) is 0 Å². The molecule has 0 heterocycles. The molecule has 1 atom stereocenters. The van der Waals surface area contributed by atoms with E-state index in [1.54, 1.807) is 6.07 Å². The van der Waals surface area contributed by atoms with Crippen molar-refractivity contribution in [2.24, 2.45) is 0 Å². The average Bonchev–Trinajstić information content (AvgIpc) is 2.29. The molecular formula is C14H16O. The molecular weight excluding hydrogens is 184 g/mol. The number of phenols is 1. The van der Waals surface area contributed by atoms with Crippen molar-refractivity contribution in [1.29, 1.82) is 0 Å². The van der Waals surface area contributed by atoms with Gasteiger partial charge >= 0.3 is 0 Å². The molecule has 0 radical (unpaired) electrons. The zero-order valence-corrected chi connectivity index (χ0v) is 8.82. The summed E-state index contributed by atoms with van der Waals surface area (Å²) in [5, 5.41) is 9.46. The first-order valence-electron chi connectivity index (χ1n) is 5.42. The zero-order chi connectivity index (χ0) is 10.7. The van der Waals surface area contributed by atoms with Crippen molar-refractivity contribution in [3.63, 3.8) is 0 Å². The van der Waals surface area contributed by atoms with Gasteiger partial charge in [0, 0.05) is 5.92 Å². The number of hydrogen-bond donors (Lipinski definition) is 1. The van der Waals surface area contributed by atoms with Crippen molar-refractivity contribution in [1.82, 2.24) is 0 Å². The van der Waals surface area contributed by atoms with Gasteiger partial charge in [0.1, 0.15) is 5.75 Å². The average molecular weight is 200 g/mol. The Balaban J connectivity index is 2.33. The van der Waals surface area contributed by atoms with E-state index in [1.807, 2.05) is 18.2 Å². The molecule has 78 valence electrons. The molecule has 1 aromatic rings. The van der Waals surface area contributed by atoms with E-state index in [0.29, 0.717) is 11.7 Å². The summed E-state index contributed by atoms with van der Waals surface area (Å²) >= 11 is 0. The molecule has 1 aliphatic carbocycles. The van der Waals surface area contributed by atoms with Gasteiger partial charge in [-0.15, -0.1) is 0 Å². The SMILES string of the molecule is C=CC1=CCCCC1c1cccc(O)c1. The lowest BCUT2D eigenvalue weighted by Crippen LogP contribution is -2.05. The Labute approximate surface area is 90.8 Å². The molecule has 0 aliphatic heterocycles. The van der Waals surface area contributed by atoms with Gasteiger partial charge in [-0.3, -0.25) is 0 Å². The summed E-state index contributed by atoms with van der Waals surface area (Å²) in [4.78, 5) is 0. The standard InChI is InChI=1S/C14H16O/c1-2-11-6-3-4-9-14(11)12-7-5-8-13(15)10-12/h2,5-8,10,14-15H,1,3-4,9H2. The van der Waals surface area contributed by atoms with Crippen LogP contribution in [0.1, 0.15) is 30.7 Å². The fraction of sp³-hybridized carbons (Fsp3) is 0.286. The van der Waals surface area contributed by atoms with Gasteiger partial charge in [0.25, 0.3) is 0 Å². The van der Waals surface area contributed by atoms with E-state index in [-0.39, 0.29) is 0 Å². The first-order valence-corrected chi connectivity index (χ1v) is 5.42. The van der Waals surface area contributed by atoms with Crippen LogP contribution in [0.5, 0.6) is 5.75 Å². The molecule has 0 saturated heterocycles. The Hall–Kier alpha value is -1.50. The van der Waals surface area contributed by atoms with Crippen LogP contribution in [0.2, 0.25) is 0 Å². The van der Waals surface area contributed by atoms with E-state index in [0.717, 1.165) is 12.8 Å². The van der Waals surface area contributed by atoms with Crippen LogP contribution in [0, 0.1) is 0 Å². The summed E-state index contributed by atoms with van der Waals surface area (Å²) in [5.74, 6) is 0.768. The van der Waals surface area contributed by atoms with E-state index in [1.165, 1.54) is 17.6 Å². The van der Waals surface area contributed by atoms with Crippen LogP contribution in [0.25, 0.3) is 0 Å². The van der Waals surface area contributed by atoms with E-state index >= 15 is 0 Å². The van der Waals surface area contributed by atoms with Gasteiger partial charge in [0.05, 0.1) is 0 Å². The minimum Gasteiger partial charge on any atom is -0.508 e. The van der Waals surface area contributed by atoms with Gasteiger partial charge in [0.2, 0.25) is 0 Å². The minimum absolute atomic E-state index is 0.349. The maximum Gasteiger partial charge on any atom is 0.115 e. The largest absolute Gasteiger partial charge is 0.508 e. The highest BCUT2D eigenvalue weighted by atomic mass is 16.3. The third-order valence-corrected chi connectivity index (χ3v) is 2.99. The van der Waals surface area contributed by atoms with Crippen LogP contribution >= 0.6 is 0 Å². The second-order valence-corrected chi connectivity index (χ2v) is 3.99. The molecule has 0 saturated carbocycles. The summed E-state index contributed by atoms with van der Waals surface area (Å²) in [6.45, 7) is 3.85. The topological polar surface area (TPSA) is 20.2 Å². The summed E-state index contributed by atoms with van der Waals surface area (Å²) in [6, 6.07) is 7.55. The van der Waals surface area contributed by atoms with Crippen molar-refractivity contribution in [2.45, 2.75) is 25.2 Å². The highest BCUT2D eigenvalue weighted by molar-refractivity contribution is 5.38. The Kier molecular flexibility index (Phi) is 2.91. The van der Waals surface area contributed by atoms with Crippen LogP contribution in [-0.4, -0.2) is 5.11 Å². The molecule has 2 rings (SSSR count). The first kappa shape index (κ1) is 10.0. The fourth-order valence-corrected chi connectivity index (χ4v) is 2.23. The van der Waals surface area contributed by atoms with E-state index in [4.69, 9.17) is 0 Å². The molecule has 1 N–H and O–H groups in total. The molecule has 0 bridgehead atoms. The Morgan fingerprint density at radius 2 is 2.27 bits per heavy atom. The van der Waals surface area contributed by atoms with Gasteiger partial charge in [-0.05, 0) is 42.5 Å². The Morgan fingerprint density at radius 1 is 1.40 bits per heavy atom.